The summed E-state index contributed by atoms with van der Waals surface area (Å²) in [5.41, 5.74) is -2.38. The molecule has 1 aliphatic heterocycles. The minimum atomic E-state index is -4.91. The molecule has 1 atom stereocenters. The van der Waals surface area contributed by atoms with Gasteiger partial charge in [-0.1, -0.05) is 6.92 Å². The van der Waals surface area contributed by atoms with E-state index in [1.165, 1.54) is 12.3 Å². The quantitative estimate of drug-likeness (QED) is 0.328. The van der Waals surface area contributed by atoms with E-state index in [2.05, 4.69) is 42.0 Å². The maximum atomic E-state index is 14.7. The Labute approximate surface area is 220 Å². The van der Waals surface area contributed by atoms with Gasteiger partial charge in [0.25, 0.3) is 0 Å². The smallest absolute Gasteiger partial charge is 0.376 e. The minimum Gasteiger partial charge on any atom is -0.376 e. The summed E-state index contributed by atoms with van der Waals surface area (Å²) in [6.07, 6.45) is -0.997. The molecule has 13 heteroatoms. The Bertz CT molecular complexity index is 1430. The Hall–Kier alpha value is -3.42. The van der Waals surface area contributed by atoms with Crippen LogP contribution >= 0.6 is 11.3 Å². The van der Waals surface area contributed by atoms with Crippen LogP contribution in [0.5, 0.6) is 0 Å². The zero-order valence-corrected chi connectivity index (χ0v) is 21.4. The van der Waals surface area contributed by atoms with Gasteiger partial charge in [0.2, 0.25) is 5.95 Å². The standard InChI is InChI=1S/C25H25F4N7OS/c1-3-35-8-10-36(11-9-35)15-4-5-20(31-13-15)33-23-32-14-17(26)21(34-23)19-12-18-22(38-19)16(6-7-30-18)24(2,37)25(27,28)29/h4-7,12-14,37H,3,8-11H2,1-2H3,(H,31,32,33,34). The molecule has 4 aromatic heterocycles. The molecule has 200 valence electrons. The number of pyridine rings is 2. The van der Waals surface area contributed by atoms with Crippen molar-refractivity contribution >= 4 is 39.0 Å². The second-order valence-corrected chi connectivity index (χ2v) is 10.1. The first-order valence-electron chi connectivity index (χ1n) is 12.0. The van der Waals surface area contributed by atoms with E-state index in [4.69, 9.17) is 0 Å². The van der Waals surface area contributed by atoms with Crippen molar-refractivity contribution in [3.8, 4) is 10.6 Å². The summed E-state index contributed by atoms with van der Waals surface area (Å²) in [7, 11) is 0. The number of nitrogens with one attached hydrogen (secondary N) is 1. The highest BCUT2D eigenvalue weighted by Crippen LogP contribution is 2.44. The number of alkyl halides is 3. The lowest BCUT2D eigenvalue weighted by Gasteiger charge is -2.35. The highest BCUT2D eigenvalue weighted by Gasteiger charge is 2.52. The third-order valence-corrected chi connectivity index (χ3v) is 7.80. The van der Waals surface area contributed by atoms with Gasteiger partial charge in [0.05, 0.1) is 33.2 Å². The Morgan fingerprint density at radius 3 is 2.47 bits per heavy atom. The highest BCUT2D eigenvalue weighted by molar-refractivity contribution is 7.22. The fraction of sp³-hybridized carbons (Fsp3) is 0.360. The Kier molecular flexibility index (Phi) is 6.92. The summed E-state index contributed by atoms with van der Waals surface area (Å²) in [5, 5.41) is 13.2. The van der Waals surface area contributed by atoms with Gasteiger partial charge in [0.1, 0.15) is 11.5 Å². The number of piperazine rings is 1. The van der Waals surface area contributed by atoms with Crippen molar-refractivity contribution in [3.05, 3.63) is 54.2 Å². The lowest BCUT2D eigenvalue weighted by molar-refractivity contribution is -0.258. The average molecular weight is 548 g/mol. The van der Waals surface area contributed by atoms with E-state index in [0.717, 1.165) is 62.0 Å². The van der Waals surface area contributed by atoms with Gasteiger partial charge < -0.3 is 20.2 Å². The number of halogens is 4. The van der Waals surface area contributed by atoms with Crippen LogP contribution in [0, 0.1) is 5.82 Å². The molecule has 4 aromatic rings. The van der Waals surface area contributed by atoms with Crippen molar-refractivity contribution in [2.45, 2.75) is 25.6 Å². The Morgan fingerprint density at radius 2 is 1.82 bits per heavy atom. The first-order valence-corrected chi connectivity index (χ1v) is 12.8. The van der Waals surface area contributed by atoms with Gasteiger partial charge in [-0.3, -0.25) is 4.98 Å². The molecule has 2 N–H and O–H groups in total. The summed E-state index contributed by atoms with van der Waals surface area (Å²) in [5.74, 6) is -0.216. The molecule has 0 bridgehead atoms. The molecule has 0 saturated carbocycles. The normalized spacial score (nSPS) is 16.6. The first kappa shape index (κ1) is 26.2. The largest absolute Gasteiger partial charge is 0.421 e. The van der Waals surface area contributed by atoms with Crippen molar-refractivity contribution in [2.24, 2.45) is 0 Å². The summed E-state index contributed by atoms with van der Waals surface area (Å²) >= 11 is 0.863. The summed E-state index contributed by atoms with van der Waals surface area (Å²) in [6.45, 7) is 7.66. The third kappa shape index (κ3) is 5.00. The van der Waals surface area contributed by atoms with E-state index in [1.54, 1.807) is 12.3 Å². The molecule has 5 rings (SSSR count). The van der Waals surface area contributed by atoms with E-state index in [0.29, 0.717) is 12.7 Å². The van der Waals surface area contributed by atoms with Crippen LogP contribution in [0.4, 0.5) is 35.0 Å². The van der Waals surface area contributed by atoms with Crippen molar-refractivity contribution in [1.82, 2.24) is 24.8 Å². The topological polar surface area (TPSA) is 90.3 Å². The fourth-order valence-electron chi connectivity index (χ4n) is 4.27. The number of thiophene rings is 1. The zero-order chi connectivity index (χ0) is 27.1. The van der Waals surface area contributed by atoms with E-state index in [-0.39, 0.29) is 32.3 Å². The fourth-order valence-corrected chi connectivity index (χ4v) is 5.50. The molecule has 0 amide bonds. The van der Waals surface area contributed by atoms with Crippen molar-refractivity contribution in [3.63, 3.8) is 0 Å². The number of nitrogens with zero attached hydrogens (tertiary/aromatic N) is 6. The number of aromatic nitrogens is 4. The second-order valence-electron chi connectivity index (χ2n) is 9.09. The zero-order valence-electron chi connectivity index (χ0n) is 20.6. The van der Waals surface area contributed by atoms with Gasteiger partial charge >= 0.3 is 6.18 Å². The van der Waals surface area contributed by atoms with Gasteiger partial charge in [-0.25, -0.2) is 19.3 Å². The molecule has 1 saturated heterocycles. The average Bonchev–Trinajstić information content (AvgIpc) is 3.34. The van der Waals surface area contributed by atoms with Gasteiger partial charge in [-0.2, -0.15) is 13.2 Å². The number of aliphatic hydroxyl groups is 1. The number of rotatable bonds is 6. The molecule has 0 radical (unpaired) electrons. The van der Waals surface area contributed by atoms with Crippen molar-refractivity contribution in [2.75, 3.05) is 42.9 Å². The molecule has 0 spiro atoms. The maximum absolute atomic E-state index is 14.7. The number of fused-ring (bicyclic) bond motifs is 1. The lowest BCUT2D eigenvalue weighted by Crippen LogP contribution is -2.46. The number of likely N-dealkylation sites (N-methyl/N-ethyl adjacent to an activating group) is 1. The van der Waals surface area contributed by atoms with Crippen LogP contribution in [-0.2, 0) is 5.60 Å². The van der Waals surface area contributed by atoms with E-state index in [9.17, 15) is 22.7 Å². The second kappa shape index (κ2) is 10.0. The van der Waals surface area contributed by atoms with Gasteiger partial charge in [0.15, 0.2) is 11.4 Å². The summed E-state index contributed by atoms with van der Waals surface area (Å²) in [6, 6.07) is 6.27. The van der Waals surface area contributed by atoms with Crippen LogP contribution in [0.1, 0.15) is 19.4 Å². The van der Waals surface area contributed by atoms with Crippen LogP contribution in [0.2, 0.25) is 0 Å². The van der Waals surface area contributed by atoms with Crippen LogP contribution in [0.15, 0.2) is 42.9 Å². The van der Waals surface area contributed by atoms with Crippen LogP contribution in [-0.4, -0.2) is 68.8 Å². The van der Waals surface area contributed by atoms with Crippen molar-refractivity contribution < 1.29 is 22.7 Å². The Balaban J connectivity index is 1.39. The first-order chi connectivity index (χ1) is 18.1. The lowest BCUT2D eigenvalue weighted by atomic mass is 9.96. The molecule has 8 nitrogen and oxygen atoms in total. The number of hydrogen-bond donors (Lipinski definition) is 2. The van der Waals surface area contributed by atoms with E-state index >= 15 is 0 Å². The van der Waals surface area contributed by atoms with Crippen LogP contribution < -0.4 is 10.2 Å². The molecular formula is C25H25F4N7OS. The SMILES string of the molecule is CCN1CCN(c2ccc(Nc3ncc(F)c(-c4cc5nccc(C(C)(O)C(F)(F)F)c5s4)n3)nc2)CC1. The summed E-state index contributed by atoms with van der Waals surface area (Å²) < 4.78 is 55.3. The highest BCUT2D eigenvalue weighted by atomic mass is 32.1. The van der Waals surface area contributed by atoms with E-state index < -0.39 is 17.6 Å². The van der Waals surface area contributed by atoms with E-state index in [1.807, 2.05) is 6.07 Å². The van der Waals surface area contributed by atoms with Gasteiger partial charge in [-0.15, -0.1) is 11.3 Å². The molecule has 1 unspecified atom stereocenters. The number of hydrogen-bond acceptors (Lipinski definition) is 9. The molecule has 1 aliphatic rings. The third-order valence-electron chi connectivity index (χ3n) is 6.64. The number of anilines is 3. The Morgan fingerprint density at radius 1 is 1.05 bits per heavy atom. The predicted octanol–water partition coefficient (Wildman–Crippen LogP) is 4.94. The molecule has 5 heterocycles. The molecule has 1 fully saturated rings. The summed E-state index contributed by atoms with van der Waals surface area (Å²) in [4.78, 5) is 21.6. The molecular weight excluding hydrogens is 522 g/mol. The monoisotopic (exact) mass is 547 g/mol. The van der Waals surface area contributed by atoms with Crippen LogP contribution in [0.25, 0.3) is 20.8 Å². The maximum Gasteiger partial charge on any atom is 0.421 e. The van der Waals surface area contributed by atoms with Crippen molar-refractivity contribution in [1.29, 1.82) is 0 Å². The van der Waals surface area contributed by atoms with Gasteiger partial charge in [-0.05, 0) is 37.7 Å². The van der Waals surface area contributed by atoms with Gasteiger partial charge in [0, 0.05) is 37.9 Å². The van der Waals surface area contributed by atoms with Crippen LogP contribution in [0.3, 0.4) is 0 Å². The molecule has 38 heavy (non-hydrogen) atoms. The molecule has 0 aromatic carbocycles. The minimum absolute atomic E-state index is 0.0751. The predicted molar refractivity (Wildman–Crippen MR) is 138 cm³/mol. The molecule has 0 aliphatic carbocycles.